The fourth-order valence-corrected chi connectivity index (χ4v) is 11.3. The molecule has 6 nitrogen and oxygen atoms in total. The molecule has 1 saturated carbocycles. The smallest absolute Gasteiger partial charge is 0.305 e. The average molecular weight is 595 g/mol. The van der Waals surface area contributed by atoms with Gasteiger partial charge in [0, 0.05) is 32.0 Å². The van der Waals surface area contributed by atoms with Gasteiger partial charge in [-0.05, 0) is 59.9 Å². The van der Waals surface area contributed by atoms with Gasteiger partial charge in [0.05, 0.1) is 19.3 Å². The van der Waals surface area contributed by atoms with Crippen LogP contribution in [-0.4, -0.2) is 58.2 Å². The molecule has 1 aliphatic heterocycles. The van der Waals surface area contributed by atoms with Crippen LogP contribution >= 0.6 is 0 Å². The summed E-state index contributed by atoms with van der Waals surface area (Å²) in [6, 6.07) is 21.4. The minimum Gasteiger partial charge on any atom is -0.469 e. The van der Waals surface area contributed by atoms with E-state index < -0.39 is 14.4 Å². The van der Waals surface area contributed by atoms with E-state index in [2.05, 4.69) is 93.6 Å². The minimum atomic E-state index is -2.74. The Bertz CT molecular complexity index is 1070. The number of unbranched alkanes of at least 4 members (excludes halogenated alkanes) is 1. The maximum atomic E-state index is 11.5. The van der Waals surface area contributed by atoms with Gasteiger partial charge in [-0.15, -0.1) is 0 Å². The van der Waals surface area contributed by atoms with Gasteiger partial charge in [0.15, 0.2) is 6.29 Å². The fraction of sp³-hybridized carbons (Fsp3) is 0.571. The Morgan fingerprint density at radius 1 is 1.00 bits per heavy atom. The molecule has 2 aromatic rings. The third-order valence-electron chi connectivity index (χ3n) is 8.92. The second kappa shape index (κ2) is 15.4. The number of esters is 1. The Morgan fingerprint density at radius 2 is 1.67 bits per heavy atom. The second-order valence-electron chi connectivity index (χ2n) is 12.8. The molecule has 1 aliphatic carbocycles. The van der Waals surface area contributed by atoms with Crippen LogP contribution < -0.4 is 10.4 Å². The zero-order chi connectivity index (χ0) is 30.0. The van der Waals surface area contributed by atoms with E-state index in [9.17, 15) is 9.90 Å². The van der Waals surface area contributed by atoms with Crippen molar-refractivity contribution in [2.75, 3.05) is 20.3 Å². The number of hydrogen-bond acceptors (Lipinski definition) is 6. The van der Waals surface area contributed by atoms with Gasteiger partial charge in [-0.25, -0.2) is 0 Å². The number of benzene rings is 2. The van der Waals surface area contributed by atoms with Crippen LogP contribution in [0.25, 0.3) is 0 Å². The van der Waals surface area contributed by atoms with Crippen LogP contribution in [0, 0.1) is 11.8 Å². The number of hydrogen-bond donors (Lipinski definition) is 1. The van der Waals surface area contributed by atoms with Crippen molar-refractivity contribution in [1.82, 2.24) is 0 Å². The van der Waals surface area contributed by atoms with E-state index in [1.165, 1.54) is 17.5 Å². The Balaban J connectivity index is 1.59. The summed E-state index contributed by atoms with van der Waals surface area (Å²) in [5.74, 6) is -0.152. The standard InChI is InChI=1S/C35H50O6Si/c1-35(2,3)42(27-17-9-7-10-18-27,28-19-11-8-12-20-28)40-26-30-29(21-13-5-6-14-22-33(37)38-4)31(36)25-32(30)41-34-23-15-16-24-39-34/h5,7-13,17-20,29-32,34,36H,6,14-16,21-26H2,1-4H3. The first-order chi connectivity index (χ1) is 20.3. The minimum absolute atomic E-state index is 0.00802. The van der Waals surface area contributed by atoms with E-state index in [0.29, 0.717) is 19.4 Å². The second-order valence-corrected chi connectivity index (χ2v) is 17.1. The summed E-state index contributed by atoms with van der Waals surface area (Å²) in [6.45, 7) is 8.10. The lowest BCUT2D eigenvalue weighted by Gasteiger charge is -2.44. The summed E-state index contributed by atoms with van der Waals surface area (Å²) in [5, 5.41) is 13.7. The molecule has 4 rings (SSSR count). The summed E-state index contributed by atoms with van der Waals surface area (Å²) >= 11 is 0. The largest absolute Gasteiger partial charge is 0.469 e. The molecule has 5 unspecified atom stereocenters. The Morgan fingerprint density at radius 3 is 2.24 bits per heavy atom. The first-order valence-corrected chi connectivity index (χ1v) is 17.6. The van der Waals surface area contributed by atoms with Crippen LogP contribution in [0.1, 0.15) is 72.1 Å². The number of methoxy groups -OCH3 is 1. The predicted molar refractivity (Wildman–Crippen MR) is 169 cm³/mol. The molecule has 5 atom stereocenters. The van der Waals surface area contributed by atoms with Crippen molar-refractivity contribution in [3.63, 3.8) is 0 Å². The Kier molecular flexibility index (Phi) is 12.0. The van der Waals surface area contributed by atoms with Crippen molar-refractivity contribution in [2.45, 2.75) is 95.7 Å². The summed E-state index contributed by atoms with van der Waals surface area (Å²) in [5.41, 5.74) is 0. The molecular weight excluding hydrogens is 544 g/mol. The molecule has 0 radical (unpaired) electrons. The zero-order valence-electron chi connectivity index (χ0n) is 25.9. The van der Waals surface area contributed by atoms with E-state index in [4.69, 9.17) is 18.6 Å². The van der Waals surface area contributed by atoms with Crippen LogP contribution in [0.4, 0.5) is 0 Å². The van der Waals surface area contributed by atoms with Crippen LogP contribution in [-0.2, 0) is 23.4 Å². The molecule has 0 bridgehead atoms. The van der Waals surface area contributed by atoms with Crippen molar-refractivity contribution in [3.8, 4) is 0 Å². The molecule has 0 amide bonds. The molecule has 2 aliphatic rings. The number of carbonyl (C=O) groups is 1. The molecule has 230 valence electrons. The van der Waals surface area contributed by atoms with Gasteiger partial charge >= 0.3 is 5.97 Å². The van der Waals surface area contributed by atoms with Gasteiger partial charge in [0.1, 0.15) is 0 Å². The molecule has 0 aromatic heterocycles. The van der Waals surface area contributed by atoms with Crippen LogP contribution in [0.5, 0.6) is 0 Å². The molecule has 42 heavy (non-hydrogen) atoms. The normalized spacial score (nSPS) is 25.1. The monoisotopic (exact) mass is 594 g/mol. The molecule has 7 heteroatoms. The summed E-state index contributed by atoms with van der Waals surface area (Å²) in [6.07, 6.45) is 9.77. The summed E-state index contributed by atoms with van der Waals surface area (Å²) in [7, 11) is -1.32. The fourth-order valence-electron chi connectivity index (χ4n) is 6.70. The van der Waals surface area contributed by atoms with Crippen LogP contribution in [0.2, 0.25) is 5.04 Å². The lowest BCUT2D eigenvalue weighted by molar-refractivity contribution is -0.197. The number of aliphatic hydroxyl groups is 1. The van der Waals surface area contributed by atoms with E-state index in [0.717, 1.165) is 45.1 Å². The first-order valence-electron chi connectivity index (χ1n) is 15.7. The van der Waals surface area contributed by atoms with Gasteiger partial charge in [-0.1, -0.05) is 93.6 Å². The zero-order valence-corrected chi connectivity index (χ0v) is 26.9. The maximum absolute atomic E-state index is 11.5. The maximum Gasteiger partial charge on any atom is 0.305 e. The van der Waals surface area contributed by atoms with E-state index in [1.54, 1.807) is 0 Å². The van der Waals surface area contributed by atoms with E-state index in [-0.39, 0.29) is 35.2 Å². The molecular formula is C35H50O6Si. The topological polar surface area (TPSA) is 74.2 Å². The highest BCUT2D eigenvalue weighted by atomic mass is 28.4. The molecule has 1 saturated heterocycles. The molecule has 1 N–H and O–H groups in total. The highest BCUT2D eigenvalue weighted by Crippen LogP contribution is 2.42. The predicted octanol–water partition coefficient (Wildman–Crippen LogP) is 5.76. The quantitative estimate of drug-likeness (QED) is 0.138. The highest BCUT2D eigenvalue weighted by molar-refractivity contribution is 6.99. The SMILES string of the molecule is COC(=O)CCCC=CCC1C(O)CC(OC2CCCCO2)C1CO[Si](c1ccccc1)(c1ccccc1)C(C)(C)C. The van der Waals surface area contributed by atoms with E-state index >= 15 is 0 Å². The van der Waals surface area contributed by atoms with Gasteiger partial charge in [0.2, 0.25) is 0 Å². The van der Waals surface area contributed by atoms with Crippen molar-refractivity contribution in [1.29, 1.82) is 0 Å². The summed E-state index contributed by atoms with van der Waals surface area (Å²) < 4.78 is 24.7. The van der Waals surface area contributed by atoms with Gasteiger partial charge in [-0.3, -0.25) is 4.79 Å². The third-order valence-corrected chi connectivity index (χ3v) is 13.9. The van der Waals surface area contributed by atoms with Gasteiger partial charge in [0.25, 0.3) is 8.32 Å². The number of rotatable bonds is 13. The lowest BCUT2D eigenvalue weighted by atomic mass is 9.91. The van der Waals surface area contributed by atoms with E-state index in [1.807, 2.05) is 0 Å². The van der Waals surface area contributed by atoms with Gasteiger partial charge in [-0.2, -0.15) is 0 Å². The van der Waals surface area contributed by atoms with Crippen molar-refractivity contribution in [2.24, 2.45) is 11.8 Å². The molecule has 2 aromatic carbocycles. The highest BCUT2D eigenvalue weighted by Gasteiger charge is 2.52. The molecule has 1 heterocycles. The number of carbonyl (C=O) groups excluding carboxylic acids is 1. The van der Waals surface area contributed by atoms with Crippen molar-refractivity contribution in [3.05, 3.63) is 72.8 Å². The van der Waals surface area contributed by atoms with Crippen molar-refractivity contribution >= 4 is 24.7 Å². The first kappa shape index (κ1) is 32.6. The van der Waals surface area contributed by atoms with Crippen LogP contribution in [0.15, 0.2) is 72.8 Å². The molecule has 0 spiro atoms. The molecule has 2 fully saturated rings. The van der Waals surface area contributed by atoms with Gasteiger partial charge < -0.3 is 23.7 Å². The Hall–Kier alpha value is -2.29. The third kappa shape index (κ3) is 8.00. The lowest BCUT2D eigenvalue weighted by Crippen LogP contribution is -2.67. The number of aliphatic hydroxyl groups excluding tert-OH is 1. The average Bonchev–Trinajstić information content (AvgIpc) is 3.29. The Labute approximate surface area is 253 Å². The van der Waals surface area contributed by atoms with Crippen molar-refractivity contribution < 1.29 is 28.5 Å². The summed E-state index contributed by atoms with van der Waals surface area (Å²) in [4.78, 5) is 11.5. The number of allylic oxidation sites excluding steroid dienone is 2. The number of ether oxygens (including phenoxy) is 3. The van der Waals surface area contributed by atoms with Crippen LogP contribution in [0.3, 0.4) is 0 Å².